The number of nitrogens with two attached hydrogens (primary N) is 1. The second kappa shape index (κ2) is 6.23. The van der Waals surface area contributed by atoms with E-state index in [1.54, 1.807) is 4.90 Å². The minimum atomic E-state index is -4.12. The number of likely N-dealkylation sites (tertiary alicyclic amines) is 1. The lowest BCUT2D eigenvalue weighted by molar-refractivity contribution is -0.186. The van der Waals surface area contributed by atoms with E-state index in [-0.39, 0.29) is 31.8 Å². The minimum absolute atomic E-state index is 0.0339. The van der Waals surface area contributed by atoms with Gasteiger partial charge in [-0.3, -0.25) is 4.79 Å². The van der Waals surface area contributed by atoms with Crippen LogP contribution in [0, 0.1) is 5.92 Å². The monoisotopic (exact) mass is 252 g/mol. The van der Waals surface area contributed by atoms with Gasteiger partial charge in [-0.15, -0.1) is 0 Å². The van der Waals surface area contributed by atoms with Crippen molar-refractivity contribution in [1.82, 2.24) is 4.90 Å². The normalized spacial score (nSPS) is 18.5. The van der Waals surface area contributed by atoms with Crippen molar-refractivity contribution in [3.63, 3.8) is 0 Å². The predicted molar refractivity (Wildman–Crippen MR) is 58.3 cm³/mol. The molecule has 6 heteroatoms. The first kappa shape index (κ1) is 14.3. The number of alkyl halides is 3. The quantitative estimate of drug-likeness (QED) is 0.777. The second-order valence-corrected chi connectivity index (χ2v) is 4.44. The molecule has 1 aliphatic rings. The number of hydrogen-bond donors (Lipinski definition) is 1. The van der Waals surface area contributed by atoms with Crippen LogP contribution in [0.1, 0.15) is 32.1 Å². The van der Waals surface area contributed by atoms with Crippen molar-refractivity contribution in [2.24, 2.45) is 11.7 Å². The first-order chi connectivity index (χ1) is 7.95. The molecule has 1 aliphatic heterocycles. The van der Waals surface area contributed by atoms with E-state index in [0.29, 0.717) is 19.4 Å². The highest BCUT2D eigenvalue weighted by molar-refractivity contribution is 5.76. The Morgan fingerprint density at radius 1 is 1.24 bits per heavy atom. The highest BCUT2D eigenvalue weighted by atomic mass is 19.4. The molecule has 1 rings (SSSR count). The summed E-state index contributed by atoms with van der Waals surface area (Å²) in [5.74, 6) is -1.28. The summed E-state index contributed by atoms with van der Waals surface area (Å²) >= 11 is 0. The second-order valence-electron chi connectivity index (χ2n) is 4.44. The van der Waals surface area contributed by atoms with E-state index in [9.17, 15) is 18.0 Å². The van der Waals surface area contributed by atoms with Crippen molar-refractivity contribution in [2.75, 3.05) is 19.6 Å². The number of rotatable bonds is 4. The Balaban J connectivity index is 2.29. The summed E-state index contributed by atoms with van der Waals surface area (Å²) in [7, 11) is 0. The van der Waals surface area contributed by atoms with Crippen molar-refractivity contribution >= 4 is 5.91 Å². The van der Waals surface area contributed by atoms with Gasteiger partial charge in [0.1, 0.15) is 0 Å². The van der Waals surface area contributed by atoms with Crippen molar-refractivity contribution in [2.45, 2.75) is 38.3 Å². The average Bonchev–Trinajstić information content (AvgIpc) is 2.28. The van der Waals surface area contributed by atoms with Crippen LogP contribution in [0.2, 0.25) is 0 Å². The largest absolute Gasteiger partial charge is 0.391 e. The van der Waals surface area contributed by atoms with Crippen molar-refractivity contribution in [3.05, 3.63) is 0 Å². The zero-order valence-corrected chi connectivity index (χ0v) is 9.80. The van der Waals surface area contributed by atoms with Gasteiger partial charge in [-0.1, -0.05) is 0 Å². The molecule has 0 spiro atoms. The Hall–Kier alpha value is -0.780. The smallest absolute Gasteiger partial charge is 0.343 e. The van der Waals surface area contributed by atoms with E-state index in [2.05, 4.69) is 0 Å². The molecule has 1 saturated heterocycles. The third kappa shape index (κ3) is 4.53. The Labute approximate surface area is 99.1 Å². The standard InChI is InChI=1S/C11H19F3N2O/c12-11(13,14)9-4-7-16(8-5-9)10(17)3-1-2-6-15/h9H,1-8,15H2. The van der Waals surface area contributed by atoms with Crippen LogP contribution in [0.4, 0.5) is 13.2 Å². The molecule has 2 N–H and O–H groups in total. The van der Waals surface area contributed by atoms with Crippen LogP contribution in [0.15, 0.2) is 0 Å². The molecule has 0 radical (unpaired) electrons. The molecule has 3 nitrogen and oxygen atoms in total. The zero-order chi connectivity index (χ0) is 12.9. The van der Waals surface area contributed by atoms with Crippen LogP contribution in [-0.2, 0) is 4.79 Å². The molecule has 1 fully saturated rings. The minimum Gasteiger partial charge on any atom is -0.343 e. The summed E-state index contributed by atoms with van der Waals surface area (Å²) in [5, 5.41) is 0. The van der Waals surface area contributed by atoms with E-state index in [0.717, 1.165) is 6.42 Å². The van der Waals surface area contributed by atoms with Gasteiger partial charge < -0.3 is 10.6 Å². The molecule has 0 aromatic rings. The third-order valence-electron chi connectivity index (χ3n) is 3.16. The summed E-state index contributed by atoms with van der Waals surface area (Å²) in [4.78, 5) is 13.2. The highest BCUT2D eigenvalue weighted by Gasteiger charge is 2.41. The van der Waals surface area contributed by atoms with Gasteiger partial charge in [0.25, 0.3) is 0 Å². The van der Waals surface area contributed by atoms with Crippen molar-refractivity contribution < 1.29 is 18.0 Å². The molecule has 0 aromatic heterocycles. The number of hydrogen-bond acceptors (Lipinski definition) is 2. The third-order valence-corrected chi connectivity index (χ3v) is 3.16. The maximum Gasteiger partial charge on any atom is 0.391 e. The Morgan fingerprint density at radius 2 is 1.82 bits per heavy atom. The lowest BCUT2D eigenvalue weighted by atomic mass is 9.96. The van der Waals surface area contributed by atoms with Crippen LogP contribution < -0.4 is 5.73 Å². The Kier molecular flexibility index (Phi) is 5.24. The summed E-state index contributed by atoms with van der Waals surface area (Å²) in [5.41, 5.74) is 5.31. The van der Waals surface area contributed by atoms with Crippen LogP contribution in [0.25, 0.3) is 0 Å². The summed E-state index contributed by atoms with van der Waals surface area (Å²) in [6.07, 6.45) is -2.15. The molecule has 17 heavy (non-hydrogen) atoms. The molecule has 0 atom stereocenters. The molecule has 1 heterocycles. The van der Waals surface area contributed by atoms with Crippen molar-refractivity contribution in [3.8, 4) is 0 Å². The number of carbonyl (C=O) groups excluding carboxylic acids is 1. The van der Waals surface area contributed by atoms with Crippen LogP contribution in [0.5, 0.6) is 0 Å². The van der Waals surface area contributed by atoms with Gasteiger partial charge in [0.15, 0.2) is 0 Å². The maximum absolute atomic E-state index is 12.4. The fourth-order valence-electron chi connectivity index (χ4n) is 2.03. The molecule has 0 aromatic carbocycles. The Morgan fingerprint density at radius 3 is 2.29 bits per heavy atom. The molecule has 0 aliphatic carbocycles. The average molecular weight is 252 g/mol. The van der Waals surface area contributed by atoms with Crippen LogP contribution in [0.3, 0.4) is 0 Å². The van der Waals surface area contributed by atoms with Gasteiger partial charge >= 0.3 is 6.18 Å². The number of nitrogens with zero attached hydrogens (tertiary/aromatic N) is 1. The van der Waals surface area contributed by atoms with E-state index >= 15 is 0 Å². The van der Waals surface area contributed by atoms with Gasteiger partial charge in [0.2, 0.25) is 5.91 Å². The zero-order valence-electron chi connectivity index (χ0n) is 9.80. The fraction of sp³-hybridized carbons (Fsp3) is 0.909. The number of carbonyl (C=O) groups is 1. The van der Waals surface area contributed by atoms with E-state index in [4.69, 9.17) is 5.73 Å². The van der Waals surface area contributed by atoms with Crippen molar-refractivity contribution in [1.29, 1.82) is 0 Å². The van der Waals surface area contributed by atoms with Gasteiger partial charge in [0.05, 0.1) is 5.92 Å². The van der Waals surface area contributed by atoms with Crippen LogP contribution >= 0.6 is 0 Å². The molecule has 0 unspecified atom stereocenters. The molecule has 0 bridgehead atoms. The molecule has 100 valence electrons. The number of halogens is 3. The molecule has 1 amide bonds. The van der Waals surface area contributed by atoms with Crippen LogP contribution in [-0.4, -0.2) is 36.6 Å². The predicted octanol–water partition coefficient (Wildman–Crippen LogP) is 1.92. The van der Waals surface area contributed by atoms with Gasteiger partial charge in [-0.25, -0.2) is 0 Å². The van der Waals surface area contributed by atoms with E-state index in [1.807, 2.05) is 0 Å². The number of unbranched alkanes of at least 4 members (excludes halogenated alkanes) is 1. The molecule has 0 saturated carbocycles. The maximum atomic E-state index is 12.4. The first-order valence-corrected chi connectivity index (χ1v) is 5.99. The van der Waals surface area contributed by atoms with Gasteiger partial charge in [-0.2, -0.15) is 13.2 Å². The summed E-state index contributed by atoms with van der Waals surface area (Å²) in [6, 6.07) is 0. The summed E-state index contributed by atoms with van der Waals surface area (Å²) in [6.45, 7) is 1.00. The summed E-state index contributed by atoms with van der Waals surface area (Å²) < 4.78 is 37.2. The number of amides is 1. The van der Waals surface area contributed by atoms with Gasteiger partial charge in [0, 0.05) is 19.5 Å². The number of piperidine rings is 1. The van der Waals surface area contributed by atoms with E-state index < -0.39 is 12.1 Å². The highest BCUT2D eigenvalue weighted by Crippen LogP contribution is 2.34. The van der Waals surface area contributed by atoms with Gasteiger partial charge in [-0.05, 0) is 32.2 Å². The lowest BCUT2D eigenvalue weighted by Crippen LogP contribution is -2.42. The molecular weight excluding hydrogens is 233 g/mol. The molecular formula is C11H19F3N2O. The fourth-order valence-corrected chi connectivity index (χ4v) is 2.03. The Bertz CT molecular complexity index is 248. The SMILES string of the molecule is NCCCCC(=O)N1CCC(C(F)(F)F)CC1. The topological polar surface area (TPSA) is 46.3 Å². The first-order valence-electron chi connectivity index (χ1n) is 5.99. The lowest BCUT2D eigenvalue weighted by Gasteiger charge is -2.33. The van der Waals surface area contributed by atoms with E-state index in [1.165, 1.54) is 0 Å².